The smallest absolute Gasteiger partial charge is 0.123 e. The SMILES string of the molecule is C[C@]12CC[C@H]3[C@@H](CC=C4CC(O)CC[C@@]43C)[C@@H]1CC[C@@H]2C(/C=C/c1cccc(F)c1)=N\O. The summed E-state index contributed by atoms with van der Waals surface area (Å²) < 4.78 is 13.6. The van der Waals surface area contributed by atoms with Gasteiger partial charge in [-0.15, -0.1) is 0 Å². The molecular formula is C28H36FNO2. The van der Waals surface area contributed by atoms with Gasteiger partial charge >= 0.3 is 0 Å². The summed E-state index contributed by atoms with van der Waals surface area (Å²) in [7, 11) is 0. The third kappa shape index (κ3) is 3.46. The third-order valence-electron chi connectivity index (χ3n) is 9.85. The lowest BCUT2D eigenvalue weighted by Gasteiger charge is -2.58. The first-order valence-electron chi connectivity index (χ1n) is 12.4. The Kier molecular flexibility index (Phi) is 5.56. The summed E-state index contributed by atoms with van der Waals surface area (Å²) in [6.45, 7) is 4.87. The van der Waals surface area contributed by atoms with Gasteiger partial charge in [-0.25, -0.2) is 4.39 Å². The zero-order chi connectivity index (χ0) is 22.5. The number of fused-ring (bicyclic) bond motifs is 5. The van der Waals surface area contributed by atoms with E-state index in [0.29, 0.717) is 17.8 Å². The monoisotopic (exact) mass is 437 g/mol. The van der Waals surface area contributed by atoms with Crippen molar-refractivity contribution in [2.24, 2.45) is 39.7 Å². The molecule has 4 aliphatic rings. The van der Waals surface area contributed by atoms with E-state index in [4.69, 9.17) is 0 Å². The predicted octanol–water partition coefficient (Wildman–Crippen LogP) is 6.61. The van der Waals surface area contributed by atoms with Crippen LogP contribution >= 0.6 is 0 Å². The van der Waals surface area contributed by atoms with Crippen molar-refractivity contribution in [1.29, 1.82) is 0 Å². The molecule has 1 unspecified atom stereocenters. The molecule has 0 aliphatic heterocycles. The number of allylic oxidation sites excluding steroid dienone is 2. The van der Waals surface area contributed by atoms with Crippen LogP contribution in [0.15, 0.2) is 47.1 Å². The Bertz CT molecular complexity index is 968. The van der Waals surface area contributed by atoms with Crippen LogP contribution in [0.1, 0.15) is 70.8 Å². The standard InChI is InChI=1S/C28H36FNO2/c1-27-14-12-21(31)17-19(27)7-8-22-23-9-10-25(28(23,2)15-13-24(22)27)26(30-32)11-6-18-4-3-5-20(29)16-18/h3-7,11,16,21-25,31-32H,8-10,12-15,17H2,1-2H3/b11-6+,30-26-/t21?,22-,23-,24-,25+,27-,28-/m0/s1. The number of aliphatic hydroxyl groups is 1. The van der Waals surface area contributed by atoms with E-state index in [1.165, 1.54) is 30.5 Å². The van der Waals surface area contributed by atoms with Crippen LogP contribution in [0.4, 0.5) is 4.39 Å². The highest BCUT2D eigenvalue weighted by Gasteiger charge is 2.59. The average Bonchev–Trinajstić information content (AvgIpc) is 3.12. The number of benzene rings is 1. The molecular weight excluding hydrogens is 401 g/mol. The Morgan fingerprint density at radius 2 is 1.97 bits per heavy atom. The molecule has 2 N–H and O–H groups in total. The molecule has 172 valence electrons. The van der Waals surface area contributed by atoms with Crippen LogP contribution in [-0.4, -0.2) is 22.1 Å². The second-order valence-electron chi connectivity index (χ2n) is 11.2. The second kappa shape index (κ2) is 8.13. The van der Waals surface area contributed by atoms with Gasteiger partial charge in [0.1, 0.15) is 5.82 Å². The number of oxime groups is 1. The van der Waals surface area contributed by atoms with Gasteiger partial charge in [-0.1, -0.05) is 48.9 Å². The second-order valence-corrected chi connectivity index (χ2v) is 11.2. The summed E-state index contributed by atoms with van der Waals surface area (Å²) in [6.07, 6.45) is 14.7. The van der Waals surface area contributed by atoms with E-state index < -0.39 is 0 Å². The molecule has 0 bridgehead atoms. The van der Waals surface area contributed by atoms with Crippen molar-refractivity contribution < 1.29 is 14.7 Å². The van der Waals surface area contributed by atoms with Gasteiger partial charge in [-0.05, 0) is 104 Å². The summed E-state index contributed by atoms with van der Waals surface area (Å²) in [4.78, 5) is 0. The first-order chi connectivity index (χ1) is 15.3. The molecule has 3 fully saturated rings. The molecule has 0 heterocycles. The predicted molar refractivity (Wildman–Crippen MR) is 126 cm³/mol. The molecule has 0 spiro atoms. The molecule has 0 aromatic heterocycles. The normalized spacial score (nSPS) is 41.7. The molecule has 3 saturated carbocycles. The van der Waals surface area contributed by atoms with Gasteiger partial charge < -0.3 is 10.3 Å². The van der Waals surface area contributed by atoms with Gasteiger partial charge in [0, 0.05) is 5.92 Å². The molecule has 5 rings (SSSR count). The van der Waals surface area contributed by atoms with E-state index in [2.05, 4.69) is 25.1 Å². The van der Waals surface area contributed by atoms with Crippen molar-refractivity contribution in [3.63, 3.8) is 0 Å². The van der Waals surface area contributed by atoms with Crippen LogP contribution in [0.5, 0.6) is 0 Å². The molecule has 1 aromatic carbocycles. The highest BCUT2D eigenvalue weighted by atomic mass is 19.1. The largest absolute Gasteiger partial charge is 0.411 e. The van der Waals surface area contributed by atoms with Gasteiger partial charge in [-0.2, -0.15) is 0 Å². The van der Waals surface area contributed by atoms with Crippen LogP contribution in [0.2, 0.25) is 0 Å². The summed E-state index contributed by atoms with van der Waals surface area (Å²) >= 11 is 0. The molecule has 4 aliphatic carbocycles. The van der Waals surface area contributed by atoms with Gasteiger partial charge in [0.2, 0.25) is 0 Å². The van der Waals surface area contributed by atoms with Crippen LogP contribution in [0.3, 0.4) is 0 Å². The number of nitrogens with zero attached hydrogens (tertiary/aromatic N) is 1. The summed E-state index contributed by atoms with van der Waals surface area (Å²) in [5, 5.41) is 23.9. The molecule has 4 heteroatoms. The number of rotatable bonds is 3. The van der Waals surface area contributed by atoms with Crippen molar-refractivity contribution in [3.8, 4) is 0 Å². The molecule has 32 heavy (non-hydrogen) atoms. The summed E-state index contributed by atoms with van der Waals surface area (Å²) in [5.74, 6) is 1.98. The van der Waals surface area contributed by atoms with Gasteiger partial charge in [-0.3, -0.25) is 0 Å². The lowest BCUT2D eigenvalue weighted by Crippen LogP contribution is -2.51. The van der Waals surface area contributed by atoms with Crippen LogP contribution < -0.4 is 0 Å². The highest BCUT2D eigenvalue weighted by molar-refractivity contribution is 6.00. The van der Waals surface area contributed by atoms with Crippen LogP contribution in [0.25, 0.3) is 6.08 Å². The molecule has 3 nitrogen and oxygen atoms in total. The lowest BCUT2D eigenvalue weighted by molar-refractivity contribution is -0.0424. The fourth-order valence-electron chi connectivity index (χ4n) is 8.14. The van der Waals surface area contributed by atoms with Crippen molar-refractivity contribution in [3.05, 3.63) is 53.4 Å². The Balaban J connectivity index is 1.39. The third-order valence-corrected chi connectivity index (χ3v) is 9.85. The maximum atomic E-state index is 13.6. The van der Waals surface area contributed by atoms with Crippen LogP contribution in [-0.2, 0) is 0 Å². The van der Waals surface area contributed by atoms with Gasteiger partial charge in [0.15, 0.2) is 0 Å². The quantitative estimate of drug-likeness (QED) is 0.242. The summed E-state index contributed by atoms with van der Waals surface area (Å²) in [6, 6.07) is 6.52. The Hall–Kier alpha value is -1.94. The zero-order valence-corrected chi connectivity index (χ0v) is 19.3. The average molecular weight is 438 g/mol. The van der Waals surface area contributed by atoms with Crippen molar-refractivity contribution in [2.75, 3.05) is 0 Å². The molecule has 0 saturated heterocycles. The topological polar surface area (TPSA) is 52.8 Å². The van der Waals surface area contributed by atoms with Gasteiger partial charge in [0.05, 0.1) is 11.8 Å². The van der Waals surface area contributed by atoms with E-state index in [9.17, 15) is 14.7 Å². The van der Waals surface area contributed by atoms with E-state index in [-0.39, 0.29) is 28.7 Å². The van der Waals surface area contributed by atoms with Crippen molar-refractivity contribution in [2.45, 2.75) is 71.3 Å². The van der Waals surface area contributed by atoms with E-state index in [1.54, 1.807) is 6.07 Å². The Morgan fingerprint density at radius 1 is 1.12 bits per heavy atom. The lowest BCUT2D eigenvalue weighted by atomic mass is 9.47. The maximum Gasteiger partial charge on any atom is 0.123 e. The fourth-order valence-corrected chi connectivity index (χ4v) is 8.14. The van der Waals surface area contributed by atoms with Crippen molar-refractivity contribution >= 4 is 11.8 Å². The molecule has 0 radical (unpaired) electrons. The van der Waals surface area contributed by atoms with E-state index >= 15 is 0 Å². The number of halogens is 1. The Labute approximate surface area is 191 Å². The number of aliphatic hydroxyl groups excluding tert-OH is 1. The minimum Gasteiger partial charge on any atom is -0.411 e. The maximum absolute atomic E-state index is 13.6. The van der Waals surface area contributed by atoms with Crippen LogP contribution in [0, 0.1) is 40.3 Å². The number of hydrogen-bond donors (Lipinski definition) is 2. The minimum absolute atomic E-state index is 0.130. The highest BCUT2D eigenvalue weighted by Crippen LogP contribution is 2.66. The molecule has 0 amide bonds. The summed E-state index contributed by atoms with van der Waals surface area (Å²) in [5.41, 5.74) is 3.40. The number of hydrogen-bond acceptors (Lipinski definition) is 3. The molecule has 7 atom stereocenters. The zero-order valence-electron chi connectivity index (χ0n) is 19.3. The van der Waals surface area contributed by atoms with Crippen molar-refractivity contribution in [1.82, 2.24) is 0 Å². The first-order valence-corrected chi connectivity index (χ1v) is 12.4. The fraction of sp³-hybridized carbons (Fsp3) is 0.607. The van der Waals surface area contributed by atoms with Gasteiger partial charge in [0.25, 0.3) is 0 Å². The minimum atomic E-state index is -0.255. The Morgan fingerprint density at radius 3 is 2.75 bits per heavy atom. The van der Waals surface area contributed by atoms with E-state index in [1.807, 2.05) is 18.2 Å². The van der Waals surface area contributed by atoms with E-state index in [0.717, 1.165) is 49.8 Å². The molecule has 1 aromatic rings. The first kappa shape index (κ1) is 21.9.